The lowest BCUT2D eigenvalue weighted by Crippen LogP contribution is -2.16. The Bertz CT molecular complexity index is 371. The van der Waals surface area contributed by atoms with E-state index in [1.807, 2.05) is 12.1 Å². The van der Waals surface area contributed by atoms with Crippen LogP contribution in [0.3, 0.4) is 0 Å². The molecule has 0 saturated carbocycles. The average molecular weight is 205 g/mol. The van der Waals surface area contributed by atoms with Crippen molar-refractivity contribution in [3.63, 3.8) is 0 Å². The van der Waals surface area contributed by atoms with E-state index in [9.17, 15) is 0 Å². The van der Waals surface area contributed by atoms with E-state index in [-0.39, 0.29) is 6.61 Å². The minimum absolute atomic E-state index is 0.0253. The zero-order valence-corrected chi connectivity index (χ0v) is 9.83. The minimum atomic E-state index is -1.31. The summed E-state index contributed by atoms with van der Waals surface area (Å²) in [6.07, 6.45) is 1.68. The first-order valence-electron chi connectivity index (χ1n) is 4.60. The molecule has 0 aliphatic rings. The molecule has 0 aliphatic carbocycles. The van der Waals surface area contributed by atoms with E-state index in [1.54, 1.807) is 6.20 Å². The summed E-state index contributed by atoms with van der Waals surface area (Å²) in [7, 11) is -1.31. The SMILES string of the molecule is C[Si](C)(C)C#Cc1ccnc(CO)c1. The first-order valence-corrected chi connectivity index (χ1v) is 8.10. The van der Waals surface area contributed by atoms with Crippen LogP contribution in [0.4, 0.5) is 0 Å². The Kier molecular flexibility index (Phi) is 3.45. The molecule has 1 N–H and O–H groups in total. The molecule has 0 unspecified atom stereocenters. The van der Waals surface area contributed by atoms with Gasteiger partial charge in [-0.05, 0) is 12.1 Å². The van der Waals surface area contributed by atoms with E-state index in [2.05, 4.69) is 36.1 Å². The molecule has 0 fully saturated rings. The molecule has 0 amide bonds. The van der Waals surface area contributed by atoms with Gasteiger partial charge in [-0.25, -0.2) is 0 Å². The zero-order valence-electron chi connectivity index (χ0n) is 8.83. The molecule has 2 nitrogen and oxygen atoms in total. The molecule has 0 bridgehead atoms. The first kappa shape index (κ1) is 11.0. The Morgan fingerprint density at radius 2 is 2.14 bits per heavy atom. The van der Waals surface area contributed by atoms with Crippen LogP contribution in [0.25, 0.3) is 0 Å². The van der Waals surface area contributed by atoms with Gasteiger partial charge in [-0.15, -0.1) is 5.54 Å². The minimum Gasteiger partial charge on any atom is -0.390 e. The lowest BCUT2D eigenvalue weighted by Gasteiger charge is -2.03. The number of aromatic nitrogens is 1. The van der Waals surface area contributed by atoms with E-state index in [0.717, 1.165) is 5.56 Å². The van der Waals surface area contributed by atoms with Crippen molar-refractivity contribution in [2.45, 2.75) is 26.2 Å². The van der Waals surface area contributed by atoms with E-state index < -0.39 is 8.07 Å². The molecule has 1 aromatic heterocycles. The number of nitrogens with zero attached hydrogens (tertiary/aromatic N) is 1. The van der Waals surface area contributed by atoms with Gasteiger partial charge in [-0.2, -0.15) is 0 Å². The topological polar surface area (TPSA) is 33.1 Å². The predicted molar refractivity (Wildman–Crippen MR) is 60.4 cm³/mol. The summed E-state index contributed by atoms with van der Waals surface area (Å²) >= 11 is 0. The maximum absolute atomic E-state index is 8.89. The average Bonchev–Trinajstić information content (AvgIpc) is 2.14. The van der Waals surface area contributed by atoms with Crippen molar-refractivity contribution in [1.29, 1.82) is 0 Å². The van der Waals surface area contributed by atoms with E-state index in [0.29, 0.717) is 5.69 Å². The summed E-state index contributed by atoms with van der Waals surface area (Å²) in [6.45, 7) is 6.58. The van der Waals surface area contributed by atoms with Crippen molar-refractivity contribution in [3.05, 3.63) is 29.6 Å². The Hall–Kier alpha value is -1.11. The fourth-order valence-electron chi connectivity index (χ4n) is 0.902. The fourth-order valence-corrected chi connectivity index (χ4v) is 1.42. The summed E-state index contributed by atoms with van der Waals surface area (Å²) in [5.41, 5.74) is 4.88. The molecule has 74 valence electrons. The van der Waals surface area contributed by atoms with Crippen molar-refractivity contribution in [2.24, 2.45) is 0 Å². The Morgan fingerprint density at radius 1 is 1.43 bits per heavy atom. The molecule has 0 radical (unpaired) electrons. The smallest absolute Gasteiger partial charge is 0.129 e. The van der Waals surface area contributed by atoms with Gasteiger partial charge in [-0.3, -0.25) is 4.98 Å². The molecule has 0 saturated heterocycles. The maximum atomic E-state index is 8.89. The van der Waals surface area contributed by atoms with Crippen LogP contribution in [0, 0.1) is 11.5 Å². The highest BCUT2D eigenvalue weighted by Crippen LogP contribution is 2.02. The third kappa shape index (κ3) is 3.73. The predicted octanol–water partition coefficient (Wildman–Crippen LogP) is 1.80. The van der Waals surface area contributed by atoms with E-state index in [1.165, 1.54) is 0 Å². The molecule has 3 heteroatoms. The molecule has 1 rings (SSSR count). The van der Waals surface area contributed by atoms with Gasteiger partial charge >= 0.3 is 0 Å². The van der Waals surface area contributed by atoms with E-state index >= 15 is 0 Å². The van der Waals surface area contributed by atoms with Crippen LogP contribution in [-0.4, -0.2) is 18.2 Å². The lowest BCUT2D eigenvalue weighted by molar-refractivity contribution is 0.277. The standard InChI is InChI=1S/C11H15NOSi/c1-14(2,3)7-5-10-4-6-12-11(8-10)9-13/h4,6,8,13H,9H2,1-3H3. The highest BCUT2D eigenvalue weighted by Gasteiger charge is 2.07. The van der Waals surface area contributed by atoms with Gasteiger partial charge in [0.2, 0.25) is 0 Å². The summed E-state index contributed by atoms with van der Waals surface area (Å²) in [6, 6.07) is 3.69. The number of aliphatic hydroxyl groups is 1. The van der Waals surface area contributed by atoms with Gasteiger partial charge in [0.15, 0.2) is 0 Å². The quantitative estimate of drug-likeness (QED) is 0.560. The second kappa shape index (κ2) is 4.40. The van der Waals surface area contributed by atoms with Gasteiger partial charge in [0.25, 0.3) is 0 Å². The third-order valence-corrected chi connectivity index (χ3v) is 2.44. The number of pyridine rings is 1. The molecule has 0 atom stereocenters. The second-order valence-electron chi connectivity index (χ2n) is 4.19. The second-order valence-corrected chi connectivity index (χ2v) is 8.94. The molecule has 1 heterocycles. The van der Waals surface area contributed by atoms with Crippen LogP contribution >= 0.6 is 0 Å². The van der Waals surface area contributed by atoms with Gasteiger partial charge in [-0.1, -0.05) is 25.6 Å². The summed E-state index contributed by atoms with van der Waals surface area (Å²) in [5, 5.41) is 8.89. The molecule has 1 aromatic rings. The van der Waals surface area contributed by atoms with Gasteiger partial charge in [0.1, 0.15) is 8.07 Å². The molecule has 0 spiro atoms. The summed E-state index contributed by atoms with van der Waals surface area (Å²) in [5.74, 6) is 3.12. The highest BCUT2D eigenvalue weighted by atomic mass is 28.3. The van der Waals surface area contributed by atoms with Crippen LogP contribution in [0.15, 0.2) is 18.3 Å². The summed E-state index contributed by atoms with van der Waals surface area (Å²) < 4.78 is 0. The van der Waals surface area contributed by atoms with Crippen molar-refractivity contribution in [3.8, 4) is 11.5 Å². The summed E-state index contributed by atoms with van der Waals surface area (Å²) in [4.78, 5) is 4.00. The highest BCUT2D eigenvalue weighted by molar-refractivity contribution is 6.83. The largest absolute Gasteiger partial charge is 0.390 e. The number of aliphatic hydroxyl groups excluding tert-OH is 1. The van der Waals surface area contributed by atoms with Crippen LogP contribution in [-0.2, 0) is 6.61 Å². The number of hydrogen-bond acceptors (Lipinski definition) is 2. The van der Waals surface area contributed by atoms with E-state index in [4.69, 9.17) is 5.11 Å². The molecular weight excluding hydrogens is 190 g/mol. The number of rotatable bonds is 1. The van der Waals surface area contributed by atoms with Crippen LogP contribution in [0.5, 0.6) is 0 Å². The van der Waals surface area contributed by atoms with Gasteiger partial charge in [0.05, 0.1) is 12.3 Å². The molecule has 0 aromatic carbocycles. The Morgan fingerprint density at radius 3 is 2.71 bits per heavy atom. The van der Waals surface area contributed by atoms with Gasteiger partial charge in [0, 0.05) is 11.8 Å². The van der Waals surface area contributed by atoms with Crippen LogP contribution in [0.2, 0.25) is 19.6 Å². The van der Waals surface area contributed by atoms with Crippen molar-refractivity contribution in [2.75, 3.05) is 0 Å². The van der Waals surface area contributed by atoms with Crippen LogP contribution < -0.4 is 0 Å². The first-order chi connectivity index (χ1) is 6.51. The Labute approximate surface area is 86.0 Å². The normalized spacial score (nSPS) is 10.6. The third-order valence-electron chi connectivity index (χ3n) is 1.56. The Balaban J connectivity index is 2.90. The molecular formula is C11H15NOSi. The maximum Gasteiger partial charge on any atom is 0.129 e. The zero-order chi connectivity index (χ0) is 10.6. The fraction of sp³-hybridized carbons (Fsp3) is 0.364. The monoisotopic (exact) mass is 205 g/mol. The molecule has 0 aliphatic heterocycles. The van der Waals surface area contributed by atoms with Crippen molar-refractivity contribution < 1.29 is 5.11 Å². The van der Waals surface area contributed by atoms with Crippen LogP contribution in [0.1, 0.15) is 11.3 Å². The van der Waals surface area contributed by atoms with Crippen molar-refractivity contribution in [1.82, 2.24) is 4.98 Å². The lowest BCUT2D eigenvalue weighted by atomic mass is 10.2. The van der Waals surface area contributed by atoms with Gasteiger partial charge < -0.3 is 5.11 Å². The molecule has 14 heavy (non-hydrogen) atoms. The number of hydrogen-bond donors (Lipinski definition) is 1. The van der Waals surface area contributed by atoms with Crippen molar-refractivity contribution >= 4 is 8.07 Å².